The van der Waals surface area contributed by atoms with Crippen molar-refractivity contribution in [2.24, 2.45) is 12.9 Å². The van der Waals surface area contributed by atoms with Gasteiger partial charge in [-0.05, 0) is 44.4 Å². The fourth-order valence-electron chi connectivity index (χ4n) is 2.29. The number of nitrogens with zero attached hydrogens (tertiary/aromatic N) is 2. The van der Waals surface area contributed by atoms with Crippen LogP contribution in [0.1, 0.15) is 34.3 Å². The quantitative estimate of drug-likeness (QED) is 0.659. The van der Waals surface area contributed by atoms with Gasteiger partial charge in [-0.3, -0.25) is 16.0 Å². The van der Waals surface area contributed by atoms with Gasteiger partial charge in [-0.15, -0.1) is 11.3 Å². The van der Waals surface area contributed by atoms with Crippen molar-refractivity contribution in [1.82, 2.24) is 15.2 Å². The van der Waals surface area contributed by atoms with Crippen molar-refractivity contribution in [3.05, 3.63) is 38.3 Å². The second-order valence-corrected chi connectivity index (χ2v) is 6.42. The fourth-order valence-corrected chi connectivity index (χ4v) is 3.45. The summed E-state index contributed by atoms with van der Waals surface area (Å²) in [4.78, 5) is 1.17. The number of nitrogens with two attached hydrogens (primary N) is 1. The first-order valence-electron chi connectivity index (χ1n) is 6.23. The van der Waals surface area contributed by atoms with Crippen LogP contribution < -0.4 is 11.3 Å². The molecule has 6 heteroatoms. The van der Waals surface area contributed by atoms with Crippen molar-refractivity contribution < 1.29 is 0 Å². The Morgan fingerprint density at radius 1 is 1.47 bits per heavy atom. The highest BCUT2D eigenvalue weighted by molar-refractivity contribution is 7.16. The molecule has 0 saturated carbocycles. The number of hydrogen-bond acceptors (Lipinski definition) is 4. The van der Waals surface area contributed by atoms with E-state index >= 15 is 0 Å². The highest BCUT2D eigenvalue weighted by Crippen LogP contribution is 2.29. The molecular weight excluding hydrogens is 280 g/mol. The molecule has 104 valence electrons. The van der Waals surface area contributed by atoms with Gasteiger partial charge in [0.1, 0.15) is 0 Å². The lowest BCUT2D eigenvalue weighted by atomic mass is 10.0. The number of hydrogen-bond donors (Lipinski definition) is 2. The molecule has 2 heterocycles. The molecule has 2 aromatic rings. The summed E-state index contributed by atoms with van der Waals surface area (Å²) in [5.41, 5.74) is 6.50. The molecule has 0 aromatic carbocycles. The first-order chi connectivity index (χ1) is 9.02. The van der Waals surface area contributed by atoms with Crippen LogP contribution in [0.15, 0.2) is 12.1 Å². The van der Waals surface area contributed by atoms with Crippen LogP contribution in [0.2, 0.25) is 4.34 Å². The van der Waals surface area contributed by atoms with Crippen LogP contribution in [0.4, 0.5) is 0 Å². The number of hydrazine groups is 1. The largest absolute Gasteiger partial charge is 0.272 e. The van der Waals surface area contributed by atoms with Gasteiger partial charge in [0, 0.05) is 17.6 Å². The van der Waals surface area contributed by atoms with E-state index in [1.807, 2.05) is 23.9 Å². The molecule has 0 aliphatic carbocycles. The average molecular weight is 299 g/mol. The second kappa shape index (κ2) is 6.05. The molecule has 0 aliphatic rings. The molecule has 1 atom stereocenters. The summed E-state index contributed by atoms with van der Waals surface area (Å²) in [5, 5.41) is 4.44. The molecule has 0 bridgehead atoms. The van der Waals surface area contributed by atoms with E-state index in [1.165, 1.54) is 16.1 Å². The van der Waals surface area contributed by atoms with E-state index in [9.17, 15) is 0 Å². The van der Waals surface area contributed by atoms with Crippen LogP contribution in [0.5, 0.6) is 0 Å². The van der Waals surface area contributed by atoms with Crippen molar-refractivity contribution >= 4 is 22.9 Å². The standard InChI is InChI=1S/C13H19ClN4S/c1-8-10(9(2)18(3)17-8)4-5-11(16-15)12-6-7-13(14)19-12/h6-7,11,16H,4-5,15H2,1-3H3. The van der Waals surface area contributed by atoms with Gasteiger partial charge in [0.25, 0.3) is 0 Å². The third-order valence-electron chi connectivity index (χ3n) is 3.48. The molecule has 0 fully saturated rings. The molecule has 4 nitrogen and oxygen atoms in total. The van der Waals surface area contributed by atoms with Gasteiger partial charge in [-0.2, -0.15) is 5.10 Å². The lowest BCUT2D eigenvalue weighted by Gasteiger charge is -2.14. The summed E-state index contributed by atoms with van der Waals surface area (Å²) in [5.74, 6) is 5.65. The predicted molar refractivity (Wildman–Crippen MR) is 80.4 cm³/mol. The van der Waals surface area contributed by atoms with Crippen LogP contribution in [-0.4, -0.2) is 9.78 Å². The lowest BCUT2D eigenvalue weighted by molar-refractivity contribution is 0.523. The van der Waals surface area contributed by atoms with E-state index in [0.29, 0.717) is 0 Å². The number of aromatic nitrogens is 2. The monoisotopic (exact) mass is 298 g/mol. The molecule has 2 rings (SSSR count). The molecule has 2 aromatic heterocycles. The van der Waals surface area contributed by atoms with Crippen molar-refractivity contribution in [1.29, 1.82) is 0 Å². The second-order valence-electron chi connectivity index (χ2n) is 4.67. The lowest BCUT2D eigenvalue weighted by Crippen LogP contribution is -2.27. The molecule has 0 aliphatic heterocycles. The van der Waals surface area contributed by atoms with Crippen LogP contribution in [0.25, 0.3) is 0 Å². The van der Waals surface area contributed by atoms with E-state index in [2.05, 4.69) is 24.4 Å². The molecule has 3 N–H and O–H groups in total. The number of thiophene rings is 1. The van der Waals surface area contributed by atoms with Gasteiger partial charge in [0.05, 0.1) is 16.1 Å². The molecule has 0 spiro atoms. The van der Waals surface area contributed by atoms with Gasteiger partial charge in [0.15, 0.2) is 0 Å². The van der Waals surface area contributed by atoms with Gasteiger partial charge in [-0.1, -0.05) is 11.6 Å². The number of rotatable bonds is 5. The van der Waals surface area contributed by atoms with Crippen molar-refractivity contribution in [3.8, 4) is 0 Å². The maximum absolute atomic E-state index is 5.97. The summed E-state index contributed by atoms with van der Waals surface area (Å²) < 4.78 is 2.72. The maximum Gasteiger partial charge on any atom is 0.0931 e. The Hall–Kier alpha value is -0.880. The van der Waals surface area contributed by atoms with E-state index in [-0.39, 0.29) is 6.04 Å². The Labute approximate surface area is 122 Å². The van der Waals surface area contributed by atoms with E-state index < -0.39 is 0 Å². The first kappa shape index (κ1) is 14.5. The number of nitrogens with one attached hydrogen (secondary N) is 1. The van der Waals surface area contributed by atoms with Gasteiger partial charge in [-0.25, -0.2) is 0 Å². The van der Waals surface area contributed by atoms with Gasteiger partial charge >= 0.3 is 0 Å². The first-order valence-corrected chi connectivity index (χ1v) is 7.42. The maximum atomic E-state index is 5.97. The summed E-state index contributed by atoms with van der Waals surface area (Å²) in [6.45, 7) is 4.15. The van der Waals surface area contributed by atoms with Crippen LogP contribution in [0.3, 0.4) is 0 Å². The SMILES string of the molecule is Cc1nn(C)c(C)c1CCC(NN)c1ccc(Cl)s1. The Morgan fingerprint density at radius 3 is 2.68 bits per heavy atom. The van der Waals surface area contributed by atoms with Crippen molar-refractivity contribution in [2.75, 3.05) is 0 Å². The summed E-state index contributed by atoms with van der Waals surface area (Å²) >= 11 is 7.54. The number of halogens is 1. The Kier molecular flexibility index (Phi) is 4.62. The fraction of sp³-hybridized carbons (Fsp3) is 0.462. The molecule has 0 saturated heterocycles. The molecular formula is C13H19ClN4S. The average Bonchev–Trinajstić information content (AvgIpc) is 2.89. The Balaban J connectivity index is 2.08. The van der Waals surface area contributed by atoms with E-state index in [1.54, 1.807) is 11.3 Å². The minimum absolute atomic E-state index is 0.136. The summed E-state index contributed by atoms with van der Waals surface area (Å²) in [6, 6.07) is 4.07. The van der Waals surface area contributed by atoms with E-state index in [4.69, 9.17) is 17.4 Å². The van der Waals surface area contributed by atoms with Crippen LogP contribution in [-0.2, 0) is 13.5 Å². The molecule has 0 radical (unpaired) electrons. The van der Waals surface area contributed by atoms with Crippen LogP contribution in [0, 0.1) is 13.8 Å². The normalized spacial score (nSPS) is 12.9. The Bertz CT molecular complexity index is 561. The van der Waals surface area contributed by atoms with Crippen LogP contribution >= 0.6 is 22.9 Å². The molecule has 0 amide bonds. The van der Waals surface area contributed by atoms with Crippen molar-refractivity contribution in [3.63, 3.8) is 0 Å². The third-order valence-corrected chi connectivity index (χ3v) is 4.83. The third kappa shape index (κ3) is 3.17. The molecule has 19 heavy (non-hydrogen) atoms. The summed E-state index contributed by atoms with van der Waals surface area (Å²) in [6.07, 6.45) is 1.89. The van der Waals surface area contributed by atoms with E-state index in [0.717, 1.165) is 22.9 Å². The zero-order chi connectivity index (χ0) is 14.0. The van der Waals surface area contributed by atoms with Gasteiger partial charge in [0.2, 0.25) is 0 Å². The highest BCUT2D eigenvalue weighted by atomic mass is 35.5. The topological polar surface area (TPSA) is 55.9 Å². The zero-order valence-electron chi connectivity index (χ0n) is 11.4. The number of aryl methyl sites for hydroxylation is 2. The van der Waals surface area contributed by atoms with Gasteiger partial charge < -0.3 is 0 Å². The predicted octanol–water partition coefficient (Wildman–Crippen LogP) is 2.89. The zero-order valence-corrected chi connectivity index (χ0v) is 13.0. The summed E-state index contributed by atoms with van der Waals surface area (Å²) in [7, 11) is 1.98. The van der Waals surface area contributed by atoms with Crippen molar-refractivity contribution in [2.45, 2.75) is 32.7 Å². The smallest absolute Gasteiger partial charge is 0.0931 e. The minimum atomic E-state index is 0.136. The highest BCUT2D eigenvalue weighted by Gasteiger charge is 2.15. The minimum Gasteiger partial charge on any atom is -0.272 e. The molecule has 1 unspecified atom stereocenters. The Morgan fingerprint density at radius 2 is 2.21 bits per heavy atom.